The average Bonchev–Trinajstić information content (AvgIpc) is 2.39. The smallest absolute Gasteiger partial charge is 0.336 e. The Balaban J connectivity index is 2.72. The largest absolute Gasteiger partial charge is 0.478 e. The van der Waals surface area contributed by atoms with Crippen LogP contribution in [0.3, 0.4) is 0 Å². The quantitative estimate of drug-likeness (QED) is 0.900. The molecule has 2 aromatic rings. The van der Waals surface area contributed by atoms with Gasteiger partial charge in [-0.3, -0.25) is 0 Å². The van der Waals surface area contributed by atoms with E-state index in [9.17, 15) is 13.6 Å². The molecule has 94 valence electrons. The molecule has 2 rings (SSSR count). The molecule has 0 saturated heterocycles. The molecular formula is C14H7F2NO2. The second-order valence-electron chi connectivity index (χ2n) is 3.80. The maximum atomic E-state index is 13.7. The Morgan fingerprint density at radius 3 is 2.47 bits per heavy atom. The van der Waals surface area contributed by atoms with Crippen LogP contribution in [0.5, 0.6) is 0 Å². The number of nitriles is 1. The molecule has 0 atom stereocenters. The molecule has 1 N–H and O–H groups in total. The fourth-order valence-electron chi connectivity index (χ4n) is 1.73. The van der Waals surface area contributed by atoms with Gasteiger partial charge in [0.25, 0.3) is 0 Å². The summed E-state index contributed by atoms with van der Waals surface area (Å²) in [6, 6.07) is 8.46. The molecule has 0 bridgehead atoms. The van der Waals surface area contributed by atoms with Crippen molar-refractivity contribution in [1.29, 1.82) is 5.26 Å². The molecule has 19 heavy (non-hydrogen) atoms. The highest BCUT2D eigenvalue weighted by Gasteiger charge is 2.16. The van der Waals surface area contributed by atoms with Gasteiger partial charge in [0, 0.05) is 5.56 Å². The average molecular weight is 259 g/mol. The van der Waals surface area contributed by atoms with Gasteiger partial charge in [0.15, 0.2) is 0 Å². The first-order valence-corrected chi connectivity index (χ1v) is 5.26. The van der Waals surface area contributed by atoms with E-state index in [0.29, 0.717) is 0 Å². The third-order valence-corrected chi connectivity index (χ3v) is 2.60. The van der Waals surface area contributed by atoms with Crippen molar-refractivity contribution in [3.8, 4) is 17.2 Å². The first-order chi connectivity index (χ1) is 9.02. The fraction of sp³-hybridized carbons (Fsp3) is 0. The highest BCUT2D eigenvalue weighted by molar-refractivity contribution is 5.96. The van der Waals surface area contributed by atoms with Gasteiger partial charge in [0.05, 0.1) is 17.2 Å². The van der Waals surface area contributed by atoms with E-state index in [1.807, 2.05) is 6.07 Å². The Labute approximate surface area is 107 Å². The zero-order valence-corrected chi connectivity index (χ0v) is 9.52. The number of benzene rings is 2. The minimum absolute atomic E-state index is 0.0310. The summed E-state index contributed by atoms with van der Waals surface area (Å²) in [7, 11) is 0. The van der Waals surface area contributed by atoms with Crippen LogP contribution < -0.4 is 0 Å². The van der Waals surface area contributed by atoms with E-state index in [2.05, 4.69) is 0 Å². The number of halogens is 2. The van der Waals surface area contributed by atoms with Crippen LogP contribution in [-0.2, 0) is 0 Å². The second-order valence-corrected chi connectivity index (χ2v) is 3.80. The van der Waals surface area contributed by atoms with Gasteiger partial charge >= 0.3 is 5.97 Å². The van der Waals surface area contributed by atoms with Gasteiger partial charge in [-0.05, 0) is 35.9 Å². The minimum atomic E-state index is -1.36. The number of hydrogen-bond acceptors (Lipinski definition) is 2. The van der Waals surface area contributed by atoms with Crippen LogP contribution in [0.4, 0.5) is 8.78 Å². The van der Waals surface area contributed by atoms with Gasteiger partial charge in [-0.1, -0.05) is 6.07 Å². The van der Waals surface area contributed by atoms with Crippen LogP contribution in [-0.4, -0.2) is 11.1 Å². The van der Waals surface area contributed by atoms with E-state index in [1.54, 1.807) is 0 Å². The van der Waals surface area contributed by atoms with E-state index in [4.69, 9.17) is 10.4 Å². The number of carboxylic acid groups (broad SMARTS) is 1. The van der Waals surface area contributed by atoms with Gasteiger partial charge in [-0.25, -0.2) is 13.6 Å². The van der Waals surface area contributed by atoms with Crippen molar-refractivity contribution < 1.29 is 18.7 Å². The SMILES string of the molecule is N#Cc1ccc(F)c(-c2ccc(F)cc2C(=O)O)c1. The van der Waals surface area contributed by atoms with Crippen LogP contribution in [0, 0.1) is 23.0 Å². The van der Waals surface area contributed by atoms with Crippen molar-refractivity contribution in [1.82, 2.24) is 0 Å². The van der Waals surface area contributed by atoms with Gasteiger partial charge in [-0.15, -0.1) is 0 Å². The highest BCUT2D eigenvalue weighted by atomic mass is 19.1. The maximum absolute atomic E-state index is 13.7. The maximum Gasteiger partial charge on any atom is 0.336 e. The third kappa shape index (κ3) is 2.43. The summed E-state index contributed by atoms with van der Waals surface area (Å²) in [6.07, 6.45) is 0. The molecule has 0 amide bonds. The van der Waals surface area contributed by atoms with E-state index in [-0.39, 0.29) is 22.3 Å². The van der Waals surface area contributed by atoms with E-state index >= 15 is 0 Å². The van der Waals surface area contributed by atoms with Gasteiger partial charge < -0.3 is 5.11 Å². The van der Waals surface area contributed by atoms with Crippen molar-refractivity contribution in [3.05, 3.63) is 59.2 Å². The van der Waals surface area contributed by atoms with Crippen molar-refractivity contribution in [2.45, 2.75) is 0 Å². The van der Waals surface area contributed by atoms with Gasteiger partial charge in [0.1, 0.15) is 11.6 Å². The molecule has 0 aliphatic heterocycles. The molecule has 0 spiro atoms. The first kappa shape index (κ1) is 12.7. The second kappa shape index (κ2) is 4.86. The zero-order valence-electron chi connectivity index (χ0n) is 9.52. The lowest BCUT2D eigenvalue weighted by Crippen LogP contribution is -2.01. The first-order valence-electron chi connectivity index (χ1n) is 5.26. The molecule has 5 heteroatoms. The number of hydrogen-bond donors (Lipinski definition) is 1. The van der Waals surface area contributed by atoms with Crippen LogP contribution in [0.15, 0.2) is 36.4 Å². The molecule has 0 saturated carbocycles. The van der Waals surface area contributed by atoms with Crippen LogP contribution in [0.2, 0.25) is 0 Å². The lowest BCUT2D eigenvalue weighted by atomic mass is 9.97. The molecule has 0 aromatic heterocycles. The molecule has 0 fully saturated rings. The van der Waals surface area contributed by atoms with E-state index in [0.717, 1.165) is 18.2 Å². The molecule has 2 aromatic carbocycles. The molecule has 0 aliphatic carbocycles. The van der Waals surface area contributed by atoms with Gasteiger partial charge in [0.2, 0.25) is 0 Å². The van der Waals surface area contributed by atoms with Crippen molar-refractivity contribution >= 4 is 5.97 Å². The third-order valence-electron chi connectivity index (χ3n) is 2.60. The van der Waals surface area contributed by atoms with Gasteiger partial charge in [-0.2, -0.15) is 5.26 Å². The topological polar surface area (TPSA) is 61.1 Å². The summed E-state index contributed by atoms with van der Waals surface area (Å²) in [5.74, 6) is -2.76. The molecule has 3 nitrogen and oxygen atoms in total. The lowest BCUT2D eigenvalue weighted by Gasteiger charge is -2.08. The summed E-state index contributed by atoms with van der Waals surface area (Å²) in [5.41, 5.74) is -0.175. The summed E-state index contributed by atoms with van der Waals surface area (Å²) >= 11 is 0. The molecule has 0 aliphatic rings. The Kier molecular flexibility index (Phi) is 3.25. The van der Waals surface area contributed by atoms with Crippen LogP contribution in [0.25, 0.3) is 11.1 Å². The van der Waals surface area contributed by atoms with E-state index in [1.165, 1.54) is 18.2 Å². The summed E-state index contributed by atoms with van der Waals surface area (Å²) in [4.78, 5) is 11.1. The minimum Gasteiger partial charge on any atom is -0.478 e. The van der Waals surface area contributed by atoms with Crippen LogP contribution >= 0.6 is 0 Å². The normalized spacial score (nSPS) is 9.95. The number of carboxylic acids is 1. The Morgan fingerprint density at radius 1 is 1.11 bits per heavy atom. The number of rotatable bonds is 2. The Morgan fingerprint density at radius 2 is 1.84 bits per heavy atom. The summed E-state index contributed by atoms with van der Waals surface area (Å²) in [6.45, 7) is 0. The highest BCUT2D eigenvalue weighted by Crippen LogP contribution is 2.28. The summed E-state index contributed by atoms with van der Waals surface area (Å²) in [5, 5.41) is 17.8. The molecule has 0 heterocycles. The van der Waals surface area contributed by atoms with E-state index < -0.39 is 17.6 Å². The monoisotopic (exact) mass is 259 g/mol. The number of carbonyl (C=O) groups is 1. The number of nitrogens with zero attached hydrogens (tertiary/aromatic N) is 1. The predicted molar refractivity (Wildman–Crippen MR) is 63.5 cm³/mol. The summed E-state index contributed by atoms with van der Waals surface area (Å²) < 4.78 is 26.8. The van der Waals surface area contributed by atoms with Crippen LogP contribution in [0.1, 0.15) is 15.9 Å². The van der Waals surface area contributed by atoms with Crippen molar-refractivity contribution in [2.75, 3.05) is 0 Å². The fourth-order valence-corrected chi connectivity index (χ4v) is 1.73. The molecule has 0 radical (unpaired) electrons. The molecular weight excluding hydrogens is 252 g/mol. The standard InChI is InChI=1S/C14H7F2NO2/c15-9-2-3-10(12(6-9)14(18)19)11-5-8(7-17)1-4-13(11)16/h1-6H,(H,18,19). The van der Waals surface area contributed by atoms with Crippen molar-refractivity contribution in [2.24, 2.45) is 0 Å². The molecule has 0 unspecified atom stereocenters. The Hall–Kier alpha value is -2.74. The zero-order chi connectivity index (χ0) is 14.0. The number of aromatic carboxylic acids is 1. The van der Waals surface area contributed by atoms with Crippen molar-refractivity contribution in [3.63, 3.8) is 0 Å². The predicted octanol–water partition coefficient (Wildman–Crippen LogP) is 3.20. The lowest BCUT2D eigenvalue weighted by molar-refractivity contribution is 0.0697. The Bertz CT molecular complexity index is 705.